The van der Waals surface area contributed by atoms with Crippen LogP contribution in [0.1, 0.15) is 25.6 Å². The summed E-state index contributed by atoms with van der Waals surface area (Å²) in [6.07, 6.45) is 0. The maximum absolute atomic E-state index is 4.78. The predicted octanol–water partition coefficient (Wildman–Crippen LogP) is 4.91. The van der Waals surface area contributed by atoms with Crippen molar-refractivity contribution >= 4 is 27.0 Å². The van der Waals surface area contributed by atoms with Gasteiger partial charge in [0.15, 0.2) is 0 Å². The second-order valence-corrected chi connectivity index (χ2v) is 5.84. The molecule has 0 saturated carbocycles. The predicted molar refractivity (Wildman–Crippen MR) is 82.9 cm³/mol. The van der Waals surface area contributed by atoms with Crippen LogP contribution in [0.5, 0.6) is 0 Å². The second kappa shape index (κ2) is 4.82. The number of rotatable bonds is 2. The number of halogens is 1. The molecule has 0 radical (unpaired) electrons. The monoisotopic (exact) mass is 314 g/mol. The molecule has 0 aliphatic carbocycles. The van der Waals surface area contributed by atoms with Gasteiger partial charge in [-0.1, -0.05) is 48.0 Å². The summed E-state index contributed by atoms with van der Waals surface area (Å²) in [6, 6.07) is 16.6. The molecule has 0 atom stereocenters. The van der Waals surface area contributed by atoms with E-state index in [1.165, 1.54) is 0 Å². The van der Waals surface area contributed by atoms with Gasteiger partial charge in [0, 0.05) is 16.1 Å². The Balaban J connectivity index is 2.35. The standard InChI is InChI=1S/C16H15BrN2/c1-11(2)16-18-14-10-12(17)8-9-15(14)19(16)13-6-4-3-5-7-13/h3-11H,1-2H3. The molecular weight excluding hydrogens is 300 g/mol. The number of benzene rings is 2. The Hall–Kier alpha value is -1.61. The Morgan fingerprint density at radius 2 is 1.79 bits per heavy atom. The van der Waals surface area contributed by atoms with Crippen LogP contribution >= 0.6 is 15.9 Å². The largest absolute Gasteiger partial charge is 0.296 e. The zero-order valence-electron chi connectivity index (χ0n) is 11.0. The molecular formula is C16H15BrN2. The van der Waals surface area contributed by atoms with Crippen molar-refractivity contribution in [2.45, 2.75) is 19.8 Å². The molecule has 0 N–H and O–H groups in total. The Kier molecular flexibility index (Phi) is 3.15. The van der Waals surface area contributed by atoms with Crippen LogP contribution in [0.2, 0.25) is 0 Å². The fourth-order valence-electron chi connectivity index (χ4n) is 2.31. The fourth-order valence-corrected chi connectivity index (χ4v) is 2.66. The molecule has 3 heteroatoms. The molecule has 0 aliphatic heterocycles. The highest BCUT2D eigenvalue weighted by Gasteiger charge is 2.14. The lowest BCUT2D eigenvalue weighted by molar-refractivity contribution is 0.760. The highest BCUT2D eigenvalue weighted by Crippen LogP contribution is 2.27. The maximum atomic E-state index is 4.78. The Labute approximate surface area is 121 Å². The first kappa shape index (κ1) is 12.4. The molecule has 0 fully saturated rings. The van der Waals surface area contributed by atoms with Crippen LogP contribution in [0, 0.1) is 0 Å². The summed E-state index contributed by atoms with van der Waals surface area (Å²) in [4.78, 5) is 4.78. The van der Waals surface area contributed by atoms with Crippen molar-refractivity contribution in [3.63, 3.8) is 0 Å². The first-order valence-corrected chi connectivity index (χ1v) is 7.19. The summed E-state index contributed by atoms with van der Waals surface area (Å²) < 4.78 is 3.31. The molecule has 0 amide bonds. The highest BCUT2D eigenvalue weighted by atomic mass is 79.9. The molecule has 0 unspecified atom stereocenters. The van der Waals surface area contributed by atoms with E-state index in [-0.39, 0.29) is 0 Å². The van der Waals surface area contributed by atoms with Crippen molar-refractivity contribution in [3.8, 4) is 5.69 Å². The molecule has 3 rings (SSSR count). The molecule has 1 aromatic heterocycles. The molecule has 2 aromatic carbocycles. The first-order chi connectivity index (χ1) is 9.16. The average Bonchev–Trinajstić information content (AvgIpc) is 2.78. The minimum Gasteiger partial charge on any atom is -0.296 e. The second-order valence-electron chi connectivity index (χ2n) is 4.93. The lowest BCUT2D eigenvalue weighted by atomic mass is 10.2. The molecule has 1 heterocycles. The van der Waals surface area contributed by atoms with Crippen LogP contribution in [-0.2, 0) is 0 Å². The summed E-state index contributed by atoms with van der Waals surface area (Å²) in [5.41, 5.74) is 3.34. The van der Waals surface area contributed by atoms with Crippen LogP contribution in [0.15, 0.2) is 53.0 Å². The zero-order chi connectivity index (χ0) is 13.4. The maximum Gasteiger partial charge on any atom is 0.117 e. The van der Waals surface area contributed by atoms with Gasteiger partial charge in [-0.2, -0.15) is 0 Å². The number of para-hydroxylation sites is 1. The van der Waals surface area contributed by atoms with Gasteiger partial charge >= 0.3 is 0 Å². The first-order valence-electron chi connectivity index (χ1n) is 6.40. The third kappa shape index (κ3) is 2.19. The average molecular weight is 315 g/mol. The summed E-state index contributed by atoms with van der Waals surface area (Å²) in [5, 5.41) is 0. The van der Waals surface area contributed by atoms with Crippen LogP contribution in [0.25, 0.3) is 16.7 Å². The molecule has 0 bridgehead atoms. The van der Waals surface area contributed by atoms with E-state index in [2.05, 4.69) is 76.8 Å². The van der Waals surface area contributed by atoms with Gasteiger partial charge < -0.3 is 0 Å². The topological polar surface area (TPSA) is 17.8 Å². The lowest BCUT2D eigenvalue weighted by Crippen LogP contribution is -2.02. The molecule has 0 spiro atoms. The van der Waals surface area contributed by atoms with Crippen LogP contribution < -0.4 is 0 Å². The van der Waals surface area contributed by atoms with E-state index in [1.54, 1.807) is 0 Å². The van der Waals surface area contributed by atoms with Crippen molar-refractivity contribution < 1.29 is 0 Å². The van der Waals surface area contributed by atoms with E-state index in [0.29, 0.717) is 5.92 Å². The number of hydrogen-bond donors (Lipinski definition) is 0. The number of aromatic nitrogens is 2. The van der Waals surface area contributed by atoms with E-state index < -0.39 is 0 Å². The number of fused-ring (bicyclic) bond motifs is 1. The Bertz CT molecular complexity index is 714. The summed E-state index contributed by atoms with van der Waals surface area (Å²) in [6.45, 7) is 4.35. The number of nitrogens with zero attached hydrogens (tertiary/aromatic N) is 2. The van der Waals surface area contributed by atoms with Gasteiger partial charge in [-0.05, 0) is 30.3 Å². The minimum absolute atomic E-state index is 0.381. The van der Waals surface area contributed by atoms with Gasteiger partial charge in [-0.15, -0.1) is 0 Å². The van der Waals surface area contributed by atoms with E-state index in [1.807, 2.05) is 6.07 Å². The quantitative estimate of drug-likeness (QED) is 0.657. The van der Waals surface area contributed by atoms with Crippen LogP contribution in [0.3, 0.4) is 0 Å². The van der Waals surface area contributed by atoms with Crippen molar-refractivity contribution in [3.05, 3.63) is 58.8 Å². The van der Waals surface area contributed by atoms with Gasteiger partial charge in [0.05, 0.1) is 11.0 Å². The van der Waals surface area contributed by atoms with E-state index in [0.717, 1.165) is 27.0 Å². The molecule has 0 saturated heterocycles. The van der Waals surface area contributed by atoms with Gasteiger partial charge in [0.25, 0.3) is 0 Å². The van der Waals surface area contributed by atoms with Crippen LogP contribution in [0.4, 0.5) is 0 Å². The Morgan fingerprint density at radius 1 is 1.05 bits per heavy atom. The third-order valence-corrected chi connectivity index (χ3v) is 3.67. The van der Waals surface area contributed by atoms with E-state index in [9.17, 15) is 0 Å². The van der Waals surface area contributed by atoms with Gasteiger partial charge in [-0.3, -0.25) is 4.57 Å². The smallest absolute Gasteiger partial charge is 0.117 e. The van der Waals surface area contributed by atoms with Crippen molar-refractivity contribution in [1.29, 1.82) is 0 Å². The normalized spacial score (nSPS) is 11.4. The summed E-state index contributed by atoms with van der Waals surface area (Å²) in [5.74, 6) is 1.48. The molecule has 96 valence electrons. The van der Waals surface area contributed by atoms with Gasteiger partial charge in [-0.25, -0.2) is 4.98 Å². The highest BCUT2D eigenvalue weighted by molar-refractivity contribution is 9.10. The molecule has 0 aliphatic rings. The Morgan fingerprint density at radius 3 is 2.47 bits per heavy atom. The van der Waals surface area contributed by atoms with Gasteiger partial charge in [0.1, 0.15) is 5.82 Å². The number of imidazole rings is 1. The van der Waals surface area contributed by atoms with Gasteiger partial charge in [0.2, 0.25) is 0 Å². The number of hydrogen-bond acceptors (Lipinski definition) is 1. The summed E-state index contributed by atoms with van der Waals surface area (Å²) in [7, 11) is 0. The summed E-state index contributed by atoms with van der Waals surface area (Å²) >= 11 is 3.51. The minimum atomic E-state index is 0.381. The zero-order valence-corrected chi connectivity index (χ0v) is 12.6. The fraction of sp³-hybridized carbons (Fsp3) is 0.188. The molecule has 3 aromatic rings. The van der Waals surface area contributed by atoms with Crippen molar-refractivity contribution in [2.24, 2.45) is 0 Å². The lowest BCUT2D eigenvalue weighted by Gasteiger charge is -2.11. The van der Waals surface area contributed by atoms with Crippen LogP contribution in [-0.4, -0.2) is 9.55 Å². The molecule has 19 heavy (non-hydrogen) atoms. The van der Waals surface area contributed by atoms with Crippen molar-refractivity contribution in [1.82, 2.24) is 9.55 Å². The SMILES string of the molecule is CC(C)c1nc2cc(Br)ccc2n1-c1ccccc1. The van der Waals surface area contributed by atoms with E-state index in [4.69, 9.17) is 4.98 Å². The molecule has 2 nitrogen and oxygen atoms in total. The third-order valence-electron chi connectivity index (χ3n) is 3.17. The van der Waals surface area contributed by atoms with Crippen molar-refractivity contribution in [2.75, 3.05) is 0 Å². The van der Waals surface area contributed by atoms with E-state index >= 15 is 0 Å².